The van der Waals surface area contributed by atoms with Crippen LogP contribution >= 0.6 is 0 Å². The monoisotopic (exact) mass is 144 g/mol. The fourth-order valence-corrected chi connectivity index (χ4v) is 3.73. The van der Waals surface area contributed by atoms with Gasteiger partial charge in [0.1, 0.15) is 0 Å². The van der Waals surface area contributed by atoms with Gasteiger partial charge in [-0.15, -0.1) is 0 Å². The highest BCUT2D eigenvalue weighted by Crippen LogP contribution is 2.61. The van der Waals surface area contributed by atoms with Crippen LogP contribution in [0.3, 0.4) is 0 Å². The molecule has 11 heavy (non-hydrogen) atoms. The first-order valence-electron chi connectivity index (χ1n) is 4.85. The van der Waals surface area contributed by atoms with Crippen LogP contribution in [-0.4, -0.2) is 0 Å². The Labute approximate surface area is 67.0 Å². The minimum Gasteiger partial charge on any atom is -0.0655 e. The summed E-state index contributed by atoms with van der Waals surface area (Å²) >= 11 is 0. The van der Waals surface area contributed by atoms with Crippen LogP contribution in [0.2, 0.25) is 0 Å². The molecule has 0 aliphatic heterocycles. The summed E-state index contributed by atoms with van der Waals surface area (Å²) in [6.07, 6.45) is 7.34. The smallest absolute Gasteiger partial charge is 0.00560 e. The molecule has 6 aliphatic carbocycles. The van der Waals surface area contributed by atoms with Crippen LogP contribution in [-0.2, 0) is 0 Å². The third-order valence-corrected chi connectivity index (χ3v) is 4.18. The lowest BCUT2D eigenvalue weighted by molar-refractivity contribution is 0.279. The van der Waals surface area contributed by atoms with E-state index in [1.54, 1.807) is 0 Å². The summed E-state index contributed by atoms with van der Waals surface area (Å²) in [5.41, 5.74) is 7.38. The van der Waals surface area contributed by atoms with Crippen LogP contribution in [0, 0.1) is 11.8 Å². The van der Waals surface area contributed by atoms with Gasteiger partial charge in [-0.25, -0.2) is 0 Å². The lowest BCUT2D eigenvalue weighted by Crippen LogP contribution is -2.37. The maximum Gasteiger partial charge on any atom is -0.00560 e. The Balaban J connectivity index is 2.08. The fraction of sp³-hybridized carbons (Fsp3) is 0.636. The van der Waals surface area contributed by atoms with Gasteiger partial charge in [-0.3, -0.25) is 0 Å². The van der Waals surface area contributed by atoms with Crippen molar-refractivity contribution in [2.24, 2.45) is 11.8 Å². The van der Waals surface area contributed by atoms with E-state index in [0.29, 0.717) is 0 Å². The molecule has 1 fully saturated rings. The van der Waals surface area contributed by atoms with Gasteiger partial charge < -0.3 is 0 Å². The summed E-state index contributed by atoms with van der Waals surface area (Å²) < 4.78 is 0. The maximum absolute atomic E-state index is 1.87. The molecule has 2 atom stereocenters. The molecule has 0 saturated heterocycles. The van der Waals surface area contributed by atoms with Crippen molar-refractivity contribution in [2.75, 3.05) is 0 Å². The Morgan fingerprint density at radius 1 is 1.00 bits per heavy atom. The molecule has 0 amide bonds. The van der Waals surface area contributed by atoms with Crippen molar-refractivity contribution in [3.63, 3.8) is 0 Å². The molecule has 6 bridgehead atoms. The Kier molecular flexibility index (Phi) is 0.636. The van der Waals surface area contributed by atoms with E-state index in [1.807, 2.05) is 22.3 Å². The number of hydrogen-bond acceptors (Lipinski definition) is 0. The van der Waals surface area contributed by atoms with Gasteiger partial charge in [0.25, 0.3) is 0 Å². The van der Waals surface area contributed by atoms with Crippen molar-refractivity contribution in [1.82, 2.24) is 0 Å². The molecule has 0 N–H and O–H groups in total. The van der Waals surface area contributed by atoms with E-state index in [9.17, 15) is 0 Å². The van der Waals surface area contributed by atoms with Gasteiger partial charge >= 0.3 is 0 Å². The number of hydrogen-bond donors (Lipinski definition) is 0. The zero-order chi connectivity index (χ0) is 7.00. The van der Waals surface area contributed by atoms with E-state index in [4.69, 9.17) is 0 Å². The quantitative estimate of drug-likeness (QED) is 0.490. The molecule has 0 heterocycles. The van der Waals surface area contributed by atoms with Gasteiger partial charge in [0.2, 0.25) is 0 Å². The third-order valence-electron chi connectivity index (χ3n) is 4.18. The van der Waals surface area contributed by atoms with E-state index in [2.05, 4.69) is 0 Å². The first kappa shape index (κ1) is 5.18. The number of rotatable bonds is 0. The molecule has 2 unspecified atom stereocenters. The lowest BCUT2D eigenvalue weighted by Gasteiger charge is -2.52. The van der Waals surface area contributed by atoms with Crippen LogP contribution in [0.1, 0.15) is 32.1 Å². The Morgan fingerprint density at radius 2 is 2.00 bits per heavy atom. The summed E-state index contributed by atoms with van der Waals surface area (Å²) in [5, 5.41) is 0. The summed E-state index contributed by atoms with van der Waals surface area (Å²) in [6, 6.07) is 0. The minimum absolute atomic E-state index is 1.03. The zero-order valence-corrected chi connectivity index (χ0v) is 6.69. The summed E-state index contributed by atoms with van der Waals surface area (Å²) in [6.45, 7) is 0. The highest BCUT2D eigenvalue weighted by molar-refractivity contribution is 5.59. The van der Waals surface area contributed by atoms with Gasteiger partial charge in [-0.05, 0) is 55.1 Å². The normalized spacial score (nSPS) is 43.6. The predicted octanol–water partition coefficient (Wildman–Crippen LogP) is 2.82. The topological polar surface area (TPSA) is 0 Å². The highest BCUT2D eigenvalue weighted by atomic mass is 14.5. The Morgan fingerprint density at radius 3 is 2.82 bits per heavy atom. The second kappa shape index (κ2) is 1.35. The molecule has 0 radical (unpaired) electrons. The van der Waals surface area contributed by atoms with Gasteiger partial charge in [0, 0.05) is 0 Å². The van der Waals surface area contributed by atoms with E-state index < -0.39 is 0 Å². The first-order valence-corrected chi connectivity index (χ1v) is 4.85. The maximum atomic E-state index is 1.87. The van der Waals surface area contributed by atoms with E-state index in [0.717, 1.165) is 11.8 Å². The van der Waals surface area contributed by atoms with Crippen molar-refractivity contribution in [3.8, 4) is 0 Å². The molecular formula is C11H12. The predicted molar refractivity (Wildman–Crippen MR) is 44.1 cm³/mol. The van der Waals surface area contributed by atoms with Crippen molar-refractivity contribution >= 4 is 0 Å². The SMILES string of the molecule is C1C2=C3CC4CC2=C1C(C3)C4. The number of allylic oxidation sites excluding steroid dienone is 4. The molecule has 0 aromatic heterocycles. The second-order valence-electron chi connectivity index (χ2n) is 4.67. The lowest BCUT2D eigenvalue weighted by atomic mass is 9.53. The first-order chi connectivity index (χ1) is 5.42. The van der Waals surface area contributed by atoms with Gasteiger partial charge in [-0.2, -0.15) is 0 Å². The Bertz CT molecular complexity index is 317. The van der Waals surface area contributed by atoms with E-state index >= 15 is 0 Å². The molecule has 6 rings (SSSR count). The van der Waals surface area contributed by atoms with Gasteiger partial charge in [0.05, 0.1) is 0 Å². The van der Waals surface area contributed by atoms with Gasteiger partial charge in [-0.1, -0.05) is 11.1 Å². The molecule has 56 valence electrons. The molecule has 0 aromatic rings. The Hall–Kier alpha value is -0.520. The van der Waals surface area contributed by atoms with Crippen LogP contribution < -0.4 is 0 Å². The third kappa shape index (κ3) is 0.421. The summed E-state index contributed by atoms with van der Waals surface area (Å²) in [5.74, 6) is 2.11. The van der Waals surface area contributed by atoms with Crippen molar-refractivity contribution in [1.29, 1.82) is 0 Å². The standard InChI is InChI=1S/C11H12/c1-6-2-8-4-7(1)9-5-10(8)11(9)3-6/h6-7H,1-5H2. The molecular weight excluding hydrogens is 132 g/mol. The van der Waals surface area contributed by atoms with Crippen LogP contribution in [0.5, 0.6) is 0 Å². The van der Waals surface area contributed by atoms with E-state index in [1.165, 1.54) is 32.1 Å². The average molecular weight is 144 g/mol. The zero-order valence-electron chi connectivity index (χ0n) is 6.69. The summed E-state index contributed by atoms with van der Waals surface area (Å²) in [7, 11) is 0. The van der Waals surface area contributed by atoms with Crippen LogP contribution in [0.4, 0.5) is 0 Å². The van der Waals surface area contributed by atoms with Crippen molar-refractivity contribution < 1.29 is 0 Å². The minimum atomic E-state index is 1.03. The van der Waals surface area contributed by atoms with Crippen LogP contribution in [0.25, 0.3) is 0 Å². The highest BCUT2D eigenvalue weighted by Gasteiger charge is 2.46. The molecule has 1 saturated carbocycles. The van der Waals surface area contributed by atoms with Gasteiger partial charge in [0.15, 0.2) is 0 Å². The van der Waals surface area contributed by atoms with Crippen molar-refractivity contribution in [3.05, 3.63) is 22.3 Å². The van der Waals surface area contributed by atoms with Crippen molar-refractivity contribution in [2.45, 2.75) is 32.1 Å². The average Bonchev–Trinajstić information content (AvgIpc) is 1.94. The molecule has 0 heteroatoms. The second-order valence-corrected chi connectivity index (χ2v) is 4.67. The molecule has 0 nitrogen and oxygen atoms in total. The fourth-order valence-electron chi connectivity index (χ4n) is 3.73. The molecule has 0 aromatic carbocycles. The largest absolute Gasteiger partial charge is 0.0655 e. The van der Waals surface area contributed by atoms with Crippen LogP contribution in [0.15, 0.2) is 22.3 Å². The molecule has 6 aliphatic rings. The van der Waals surface area contributed by atoms with E-state index in [-0.39, 0.29) is 0 Å². The molecule has 0 spiro atoms. The summed E-state index contributed by atoms with van der Waals surface area (Å²) in [4.78, 5) is 0.